The van der Waals surface area contributed by atoms with E-state index in [1.54, 1.807) is 12.1 Å². The lowest BCUT2D eigenvalue weighted by molar-refractivity contribution is -0.128. The molecule has 1 saturated heterocycles. The number of carbonyl (C=O) groups excluding carboxylic acids is 2. The van der Waals surface area contributed by atoms with Crippen molar-refractivity contribution in [3.8, 4) is 5.75 Å². The molecule has 1 fully saturated rings. The van der Waals surface area contributed by atoms with E-state index in [1.165, 1.54) is 5.56 Å². The van der Waals surface area contributed by atoms with Crippen molar-refractivity contribution in [2.24, 2.45) is 0 Å². The molecule has 1 heterocycles. The molecule has 1 aliphatic heterocycles. The van der Waals surface area contributed by atoms with Crippen molar-refractivity contribution in [1.82, 2.24) is 10.2 Å². The fourth-order valence-electron chi connectivity index (χ4n) is 3.11. The number of amides is 2. The van der Waals surface area contributed by atoms with Crippen LogP contribution in [0.15, 0.2) is 48.5 Å². The first kappa shape index (κ1) is 19.0. The van der Waals surface area contributed by atoms with Crippen molar-refractivity contribution in [3.63, 3.8) is 0 Å². The maximum atomic E-state index is 12.2. The van der Waals surface area contributed by atoms with Crippen LogP contribution in [0.25, 0.3) is 0 Å². The summed E-state index contributed by atoms with van der Waals surface area (Å²) < 4.78 is 5.64. The Morgan fingerprint density at radius 1 is 1.07 bits per heavy atom. The molecule has 0 bridgehead atoms. The minimum atomic E-state index is -0.122. The molecule has 0 atom stereocenters. The van der Waals surface area contributed by atoms with Crippen LogP contribution in [0.2, 0.25) is 0 Å². The number of likely N-dealkylation sites (tertiary alicyclic amines) is 1. The molecule has 5 heteroatoms. The molecule has 142 valence electrons. The Kier molecular flexibility index (Phi) is 6.47. The third kappa shape index (κ3) is 5.33. The first-order valence-corrected chi connectivity index (χ1v) is 9.52. The van der Waals surface area contributed by atoms with Gasteiger partial charge in [0.25, 0.3) is 5.91 Å². The van der Waals surface area contributed by atoms with Gasteiger partial charge in [-0.2, -0.15) is 0 Å². The molecular weight excluding hydrogens is 340 g/mol. The lowest BCUT2D eigenvalue weighted by Gasteiger charge is -2.15. The fourth-order valence-corrected chi connectivity index (χ4v) is 3.11. The second-order valence-electron chi connectivity index (χ2n) is 6.72. The lowest BCUT2D eigenvalue weighted by atomic mass is 10.1. The zero-order chi connectivity index (χ0) is 19.1. The van der Waals surface area contributed by atoms with Gasteiger partial charge in [-0.25, -0.2) is 0 Å². The van der Waals surface area contributed by atoms with Gasteiger partial charge >= 0.3 is 0 Å². The number of ether oxygens (including phenoxy) is 1. The van der Waals surface area contributed by atoms with Gasteiger partial charge < -0.3 is 15.0 Å². The van der Waals surface area contributed by atoms with Crippen molar-refractivity contribution >= 4 is 11.8 Å². The van der Waals surface area contributed by atoms with E-state index in [-0.39, 0.29) is 11.8 Å². The molecule has 2 amide bonds. The first-order valence-electron chi connectivity index (χ1n) is 9.52. The van der Waals surface area contributed by atoms with Crippen molar-refractivity contribution in [2.45, 2.75) is 32.7 Å². The zero-order valence-corrected chi connectivity index (χ0v) is 15.7. The zero-order valence-electron chi connectivity index (χ0n) is 15.7. The molecule has 0 radical (unpaired) electrons. The number of aryl methyl sites for hydroxylation is 1. The molecule has 0 saturated carbocycles. The van der Waals surface area contributed by atoms with E-state index in [9.17, 15) is 9.59 Å². The summed E-state index contributed by atoms with van der Waals surface area (Å²) in [5.74, 6) is 0.896. The lowest BCUT2D eigenvalue weighted by Crippen LogP contribution is -2.28. The van der Waals surface area contributed by atoms with Gasteiger partial charge in [0.15, 0.2) is 0 Å². The molecule has 2 aromatic carbocycles. The van der Waals surface area contributed by atoms with Crippen molar-refractivity contribution in [2.75, 3.05) is 19.7 Å². The van der Waals surface area contributed by atoms with Crippen LogP contribution in [0, 0.1) is 0 Å². The maximum absolute atomic E-state index is 12.2. The number of nitrogens with zero attached hydrogens (tertiary/aromatic N) is 1. The number of hydrogen-bond acceptors (Lipinski definition) is 3. The van der Waals surface area contributed by atoms with E-state index < -0.39 is 0 Å². The summed E-state index contributed by atoms with van der Waals surface area (Å²) in [5.41, 5.74) is 2.92. The summed E-state index contributed by atoms with van der Waals surface area (Å²) in [7, 11) is 0. The Hall–Kier alpha value is -2.82. The van der Waals surface area contributed by atoms with Crippen molar-refractivity contribution in [3.05, 3.63) is 65.2 Å². The van der Waals surface area contributed by atoms with E-state index in [2.05, 4.69) is 12.2 Å². The average Bonchev–Trinajstić information content (AvgIpc) is 3.10. The van der Waals surface area contributed by atoms with Crippen LogP contribution in [0.4, 0.5) is 0 Å². The van der Waals surface area contributed by atoms with Crippen LogP contribution in [-0.4, -0.2) is 36.4 Å². The van der Waals surface area contributed by atoms with Gasteiger partial charge in [-0.3, -0.25) is 9.59 Å². The highest BCUT2D eigenvalue weighted by Gasteiger charge is 2.19. The highest BCUT2D eigenvalue weighted by molar-refractivity contribution is 5.94. The maximum Gasteiger partial charge on any atom is 0.251 e. The second-order valence-corrected chi connectivity index (χ2v) is 6.72. The molecule has 1 aliphatic rings. The summed E-state index contributed by atoms with van der Waals surface area (Å²) in [4.78, 5) is 25.8. The Bertz CT molecular complexity index is 769. The third-order valence-corrected chi connectivity index (χ3v) is 4.75. The van der Waals surface area contributed by atoms with E-state index in [1.807, 2.05) is 41.3 Å². The summed E-state index contributed by atoms with van der Waals surface area (Å²) in [6.07, 6.45) is 2.58. The number of rotatable bonds is 8. The van der Waals surface area contributed by atoms with Gasteiger partial charge in [-0.05, 0) is 48.2 Å². The molecule has 2 aromatic rings. The molecule has 1 N–H and O–H groups in total. The van der Waals surface area contributed by atoms with Crippen LogP contribution >= 0.6 is 0 Å². The normalized spacial score (nSPS) is 13.7. The molecule has 27 heavy (non-hydrogen) atoms. The largest absolute Gasteiger partial charge is 0.492 e. The highest BCUT2D eigenvalue weighted by atomic mass is 16.5. The molecular formula is C22H26N2O3. The Morgan fingerprint density at radius 3 is 2.41 bits per heavy atom. The Morgan fingerprint density at radius 2 is 1.78 bits per heavy atom. The van der Waals surface area contributed by atoms with Gasteiger partial charge in [0.1, 0.15) is 12.4 Å². The molecule has 5 nitrogen and oxygen atoms in total. The Labute approximate surface area is 160 Å². The first-order chi connectivity index (χ1) is 13.2. The molecule has 3 rings (SSSR count). The van der Waals surface area contributed by atoms with Crippen LogP contribution in [-0.2, 0) is 17.8 Å². The van der Waals surface area contributed by atoms with Gasteiger partial charge in [-0.15, -0.1) is 0 Å². The number of carbonyl (C=O) groups is 2. The number of benzene rings is 2. The molecule has 0 unspecified atom stereocenters. The van der Waals surface area contributed by atoms with Crippen LogP contribution < -0.4 is 10.1 Å². The highest BCUT2D eigenvalue weighted by Crippen LogP contribution is 2.15. The molecule has 0 spiro atoms. The number of nitrogens with one attached hydrogen (secondary N) is 1. The van der Waals surface area contributed by atoms with Gasteiger partial charge in [-0.1, -0.05) is 31.2 Å². The minimum Gasteiger partial charge on any atom is -0.492 e. The summed E-state index contributed by atoms with van der Waals surface area (Å²) in [5, 5.41) is 2.86. The average molecular weight is 366 g/mol. The summed E-state index contributed by atoms with van der Waals surface area (Å²) >= 11 is 0. The van der Waals surface area contributed by atoms with Gasteiger partial charge in [0.2, 0.25) is 5.91 Å². The fraction of sp³-hybridized carbons (Fsp3) is 0.364. The Balaban J connectivity index is 1.41. The summed E-state index contributed by atoms with van der Waals surface area (Å²) in [6, 6.07) is 15.4. The number of hydrogen-bond donors (Lipinski definition) is 1. The minimum absolute atomic E-state index is 0.122. The van der Waals surface area contributed by atoms with E-state index >= 15 is 0 Å². The smallest absolute Gasteiger partial charge is 0.251 e. The third-order valence-electron chi connectivity index (χ3n) is 4.75. The van der Waals surface area contributed by atoms with Gasteiger partial charge in [0.05, 0.1) is 6.54 Å². The molecule has 0 aromatic heterocycles. The van der Waals surface area contributed by atoms with Crippen LogP contribution in [0.1, 0.15) is 41.3 Å². The molecule has 0 aliphatic carbocycles. The quantitative estimate of drug-likeness (QED) is 0.730. The SMILES string of the molecule is CCc1ccc(OCCNC(=O)c2ccc(CN3CCCC3=O)cc2)cc1. The standard InChI is InChI=1S/C22H26N2O3/c1-2-17-7-11-20(12-8-17)27-15-13-23-22(26)19-9-5-18(6-10-19)16-24-14-3-4-21(24)25/h5-12H,2-4,13-16H2,1H3,(H,23,26). The van der Waals surface area contributed by atoms with E-state index in [0.717, 1.165) is 30.7 Å². The summed E-state index contributed by atoms with van der Waals surface area (Å²) in [6.45, 7) is 4.42. The second kappa shape index (κ2) is 9.21. The van der Waals surface area contributed by atoms with Crippen molar-refractivity contribution in [1.29, 1.82) is 0 Å². The van der Waals surface area contributed by atoms with E-state index in [4.69, 9.17) is 4.74 Å². The predicted molar refractivity (Wildman–Crippen MR) is 105 cm³/mol. The predicted octanol–water partition coefficient (Wildman–Crippen LogP) is 3.18. The van der Waals surface area contributed by atoms with E-state index in [0.29, 0.717) is 31.7 Å². The monoisotopic (exact) mass is 366 g/mol. The van der Waals surface area contributed by atoms with Crippen LogP contribution in [0.5, 0.6) is 5.75 Å². The van der Waals surface area contributed by atoms with Crippen LogP contribution in [0.3, 0.4) is 0 Å². The topological polar surface area (TPSA) is 58.6 Å². The van der Waals surface area contributed by atoms with Crippen molar-refractivity contribution < 1.29 is 14.3 Å². The van der Waals surface area contributed by atoms with Gasteiger partial charge in [0, 0.05) is 25.1 Å².